The Balaban J connectivity index is 1.73. The van der Waals surface area contributed by atoms with Crippen LogP contribution in [0, 0.1) is 23.7 Å². The van der Waals surface area contributed by atoms with Gasteiger partial charge in [0.25, 0.3) is 0 Å². The Hall–Kier alpha value is -1.84. The van der Waals surface area contributed by atoms with Gasteiger partial charge < -0.3 is 10.4 Å². The lowest BCUT2D eigenvalue weighted by Gasteiger charge is -2.23. The summed E-state index contributed by atoms with van der Waals surface area (Å²) in [6.07, 6.45) is 4.73. The second-order valence-corrected chi connectivity index (χ2v) is 6.66. The number of benzene rings is 1. The Morgan fingerprint density at radius 2 is 1.73 bits per heavy atom. The Morgan fingerprint density at radius 3 is 2.27 bits per heavy atom. The molecule has 1 aromatic carbocycles. The highest BCUT2D eigenvalue weighted by molar-refractivity contribution is 5.83. The van der Waals surface area contributed by atoms with Gasteiger partial charge in [-0.25, -0.2) is 0 Å². The van der Waals surface area contributed by atoms with Crippen LogP contribution in [0.2, 0.25) is 0 Å². The van der Waals surface area contributed by atoms with Crippen molar-refractivity contribution in [2.75, 3.05) is 0 Å². The van der Waals surface area contributed by atoms with Crippen molar-refractivity contribution in [3.8, 4) is 0 Å². The summed E-state index contributed by atoms with van der Waals surface area (Å²) in [5.74, 6) is -0.321. The molecule has 0 heterocycles. The molecule has 4 heteroatoms. The Kier molecular flexibility index (Phi) is 4.19. The molecule has 2 aliphatic rings. The van der Waals surface area contributed by atoms with E-state index in [9.17, 15) is 14.7 Å². The molecule has 4 nitrogen and oxygen atoms in total. The third-order valence-electron chi connectivity index (χ3n) is 5.31. The van der Waals surface area contributed by atoms with Crippen molar-refractivity contribution in [2.24, 2.45) is 23.7 Å². The van der Waals surface area contributed by atoms with Crippen molar-refractivity contribution in [1.82, 2.24) is 5.32 Å². The Bertz CT molecular complexity index is 545. The van der Waals surface area contributed by atoms with Gasteiger partial charge in [-0.15, -0.1) is 0 Å². The fourth-order valence-electron chi connectivity index (χ4n) is 3.93. The van der Waals surface area contributed by atoms with Gasteiger partial charge in [-0.05, 0) is 37.2 Å². The van der Waals surface area contributed by atoms with Crippen molar-refractivity contribution in [3.05, 3.63) is 35.9 Å². The standard InChI is InChI=1S/C18H23NO3/c1-11(18(21)22)16(12-7-3-2-4-8-12)19-17(20)15-13-9-5-6-10-14(13)15/h2-4,7-8,11,13-16H,5-6,9-10H2,1H3,(H,19,20)(H,21,22). The van der Waals surface area contributed by atoms with Gasteiger partial charge in [0.05, 0.1) is 12.0 Å². The number of hydrogen-bond donors (Lipinski definition) is 2. The SMILES string of the molecule is CC(C(=O)O)C(NC(=O)C1C2CCCCC21)c1ccccc1. The lowest BCUT2D eigenvalue weighted by Crippen LogP contribution is -2.36. The van der Waals surface area contributed by atoms with Gasteiger partial charge in [0.1, 0.15) is 0 Å². The zero-order valence-corrected chi connectivity index (χ0v) is 12.9. The highest BCUT2D eigenvalue weighted by Gasteiger charge is 2.55. The molecule has 4 unspecified atom stereocenters. The summed E-state index contributed by atoms with van der Waals surface area (Å²) in [6, 6.07) is 8.94. The van der Waals surface area contributed by atoms with Crippen LogP contribution >= 0.6 is 0 Å². The first-order valence-electron chi connectivity index (χ1n) is 8.17. The van der Waals surface area contributed by atoms with E-state index in [4.69, 9.17) is 0 Å². The van der Waals surface area contributed by atoms with Crippen LogP contribution in [0.1, 0.15) is 44.2 Å². The molecule has 1 amide bonds. The monoisotopic (exact) mass is 301 g/mol. The second-order valence-electron chi connectivity index (χ2n) is 6.66. The fourth-order valence-corrected chi connectivity index (χ4v) is 3.93. The zero-order valence-electron chi connectivity index (χ0n) is 12.9. The van der Waals surface area contributed by atoms with E-state index in [1.807, 2.05) is 30.3 Å². The molecule has 0 aliphatic heterocycles. The first-order valence-corrected chi connectivity index (χ1v) is 8.17. The van der Waals surface area contributed by atoms with E-state index in [1.165, 1.54) is 12.8 Å². The summed E-state index contributed by atoms with van der Waals surface area (Å²) in [4.78, 5) is 24.0. The molecular weight excluding hydrogens is 278 g/mol. The summed E-state index contributed by atoms with van der Waals surface area (Å²) >= 11 is 0. The quantitative estimate of drug-likeness (QED) is 0.878. The number of hydrogen-bond acceptors (Lipinski definition) is 2. The molecular formula is C18H23NO3. The van der Waals surface area contributed by atoms with Crippen molar-refractivity contribution in [1.29, 1.82) is 0 Å². The van der Waals surface area contributed by atoms with Crippen LogP contribution in [0.15, 0.2) is 30.3 Å². The predicted molar refractivity (Wildman–Crippen MR) is 83.1 cm³/mol. The number of carboxylic acids is 1. The van der Waals surface area contributed by atoms with Gasteiger partial charge in [0, 0.05) is 5.92 Å². The zero-order chi connectivity index (χ0) is 15.7. The third-order valence-corrected chi connectivity index (χ3v) is 5.31. The maximum atomic E-state index is 12.6. The molecule has 2 aliphatic carbocycles. The fraction of sp³-hybridized carbons (Fsp3) is 0.556. The summed E-state index contributed by atoms with van der Waals surface area (Å²) in [5, 5.41) is 12.3. The molecule has 0 bridgehead atoms. The Labute approximate surface area is 130 Å². The van der Waals surface area contributed by atoms with Crippen LogP contribution in [0.3, 0.4) is 0 Å². The van der Waals surface area contributed by atoms with Crippen LogP contribution in [0.4, 0.5) is 0 Å². The van der Waals surface area contributed by atoms with E-state index >= 15 is 0 Å². The Morgan fingerprint density at radius 1 is 1.14 bits per heavy atom. The summed E-state index contributed by atoms with van der Waals surface area (Å²) in [5.41, 5.74) is 0.856. The molecule has 1 aromatic rings. The molecule has 2 saturated carbocycles. The lowest BCUT2D eigenvalue weighted by atomic mass is 9.94. The third kappa shape index (κ3) is 2.87. The van der Waals surface area contributed by atoms with Gasteiger partial charge in [-0.2, -0.15) is 0 Å². The van der Waals surface area contributed by atoms with Gasteiger partial charge >= 0.3 is 5.97 Å². The minimum atomic E-state index is -0.887. The molecule has 3 rings (SSSR count). The molecule has 0 radical (unpaired) electrons. The minimum Gasteiger partial charge on any atom is -0.481 e. The first-order chi connectivity index (χ1) is 10.6. The van der Waals surface area contributed by atoms with Crippen LogP contribution < -0.4 is 5.32 Å². The molecule has 22 heavy (non-hydrogen) atoms. The van der Waals surface area contributed by atoms with Crippen LogP contribution in [0.5, 0.6) is 0 Å². The number of rotatable bonds is 5. The van der Waals surface area contributed by atoms with Crippen LogP contribution in [-0.4, -0.2) is 17.0 Å². The largest absolute Gasteiger partial charge is 0.481 e. The number of amides is 1. The number of nitrogens with one attached hydrogen (secondary N) is 1. The van der Waals surface area contributed by atoms with Gasteiger partial charge in [0.15, 0.2) is 0 Å². The van der Waals surface area contributed by atoms with Crippen molar-refractivity contribution < 1.29 is 14.7 Å². The van der Waals surface area contributed by atoms with Crippen molar-refractivity contribution >= 4 is 11.9 Å². The summed E-state index contributed by atoms with van der Waals surface area (Å²) in [7, 11) is 0. The molecule has 118 valence electrons. The van der Waals surface area contributed by atoms with Crippen LogP contribution in [-0.2, 0) is 9.59 Å². The second kappa shape index (κ2) is 6.11. The lowest BCUT2D eigenvalue weighted by molar-refractivity contribution is -0.142. The predicted octanol–water partition coefficient (Wildman–Crippen LogP) is 3.00. The number of aliphatic carboxylic acids is 1. The number of carbonyl (C=O) groups is 2. The van der Waals surface area contributed by atoms with E-state index < -0.39 is 17.9 Å². The molecule has 2 N–H and O–H groups in total. The molecule has 0 saturated heterocycles. The normalized spacial score (nSPS) is 29.0. The van der Waals surface area contributed by atoms with E-state index in [-0.39, 0.29) is 11.8 Å². The highest BCUT2D eigenvalue weighted by atomic mass is 16.4. The number of carboxylic acid groups (broad SMARTS) is 1. The highest BCUT2D eigenvalue weighted by Crippen LogP contribution is 2.55. The average Bonchev–Trinajstić information content (AvgIpc) is 3.27. The van der Waals surface area contributed by atoms with Crippen molar-refractivity contribution in [3.63, 3.8) is 0 Å². The van der Waals surface area contributed by atoms with Gasteiger partial charge in [-0.3, -0.25) is 9.59 Å². The van der Waals surface area contributed by atoms with Crippen molar-refractivity contribution in [2.45, 2.75) is 38.6 Å². The topological polar surface area (TPSA) is 66.4 Å². The number of carbonyl (C=O) groups excluding carboxylic acids is 1. The van der Waals surface area contributed by atoms with E-state index in [0.717, 1.165) is 18.4 Å². The first kappa shape index (κ1) is 15.1. The summed E-state index contributed by atoms with van der Waals surface area (Å²) in [6.45, 7) is 1.65. The van der Waals surface area contributed by atoms with Crippen LogP contribution in [0.25, 0.3) is 0 Å². The van der Waals surface area contributed by atoms with E-state index in [2.05, 4.69) is 5.32 Å². The maximum Gasteiger partial charge on any atom is 0.308 e. The van der Waals surface area contributed by atoms with Gasteiger partial charge in [-0.1, -0.05) is 43.2 Å². The maximum absolute atomic E-state index is 12.6. The smallest absolute Gasteiger partial charge is 0.308 e. The van der Waals surface area contributed by atoms with E-state index in [0.29, 0.717) is 11.8 Å². The van der Waals surface area contributed by atoms with Gasteiger partial charge in [0.2, 0.25) is 5.91 Å². The average molecular weight is 301 g/mol. The summed E-state index contributed by atoms with van der Waals surface area (Å²) < 4.78 is 0. The number of fused-ring (bicyclic) bond motifs is 1. The molecule has 2 fully saturated rings. The molecule has 0 spiro atoms. The minimum absolute atomic E-state index is 0.0406. The van der Waals surface area contributed by atoms with E-state index in [1.54, 1.807) is 6.92 Å². The molecule has 0 aromatic heterocycles. The molecule has 4 atom stereocenters.